The minimum Gasteiger partial charge on any atom is -0.545 e. The van der Waals surface area contributed by atoms with Crippen LogP contribution in [0.15, 0.2) is 47.6 Å². The van der Waals surface area contributed by atoms with Crippen LogP contribution in [0.4, 0.5) is 10.1 Å². The first-order valence-electron chi connectivity index (χ1n) is 6.04. The maximum absolute atomic E-state index is 13.1. The highest BCUT2D eigenvalue weighted by Gasteiger charge is 2.03. The van der Waals surface area contributed by atoms with Crippen molar-refractivity contribution in [3.8, 4) is 0 Å². The SMILES string of the molecule is C/C(=N\Nc1ccc(C(=O)[O-])cc1)c1ccc(F)c(Cl)c1. The van der Waals surface area contributed by atoms with Crippen LogP contribution >= 0.6 is 11.6 Å². The summed E-state index contributed by atoms with van der Waals surface area (Å²) in [6.07, 6.45) is 0. The highest BCUT2D eigenvalue weighted by molar-refractivity contribution is 6.31. The summed E-state index contributed by atoms with van der Waals surface area (Å²) in [6.45, 7) is 1.74. The number of hydrazone groups is 1. The number of carboxylic acid groups (broad SMARTS) is 1. The van der Waals surface area contributed by atoms with E-state index in [-0.39, 0.29) is 10.6 Å². The Hall–Kier alpha value is -2.40. The van der Waals surface area contributed by atoms with Crippen LogP contribution in [0.25, 0.3) is 0 Å². The number of anilines is 1. The molecule has 0 heterocycles. The predicted molar refractivity (Wildman–Crippen MR) is 78.0 cm³/mol. The Morgan fingerprint density at radius 3 is 2.38 bits per heavy atom. The van der Waals surface area contributed by atoms with Gasteiger partial charge >= 0.3 is 0 Å². The molecule has 2 aromatic carbocycles. The van der Waals surface area contributed by atoms with Gasteiger partial charge in [0, 0.05) is 0 Å². The lowest BCUT2D eigenvalue weighted by molar-refractivity contribution is -0.255. The highest BCUT2D eigenvalue weighted by Crippen LogP contribution is 2.17. The fourth-order valence-electron chi connectivity index (χ4n) is 1.61. The molecule has 2 rings (SSSR count). The van der Waals surface area contributed by atoms with Crippen molar-refractivity contribution in [1.82, 2.24) is 0 Å². The van der Waals surface area contributed by atoms with Crippen molar-refractivity contribution in [3.05, 3.63) is 64.4 Å². The van der Waals surface area contributed by atoms with E-state index in [0.29, 0.717) is 17.0 Å². The van der Waals surface area contributed by atoms with Crippen LogP contribution < -0.4 is 10.5 Å². The average molecular weight is 306 g/mol. The lowest BCUT2D eigenvalue weighted by atomic mass is 10.1. The molecular weight excluding hydrogens is 295 g/mol. The Morgan fingerprint density at radius 2 is 1.81 bits per heavy atom. The summed E-state index contributed by atoms with van der Waals surface area (Å²) in [6, 6.07) is 10.3. The smallest absolute Gasteiger partial charge is 0.141 e. The molecule has 2 aromatic rings. The van der Waals surface area contributed by atoms with E-state index in [9.17, 15) is 14.3 Å². The lowest BCUT2D eigenvalue weighted by Crippen LogP contribution is -2.21. The second kappa shape index (κ2) is 6.37. The quantitative estimate of drug-likeness (QED) is 0.697. The van der Waals surface area contributed by atoms with Gasteiger partial charge < -0.3 is 9.90 Å². The van der Waals surface area contributed by atoms with Gasteiger partial charge in [0.2, 0.25) is 0 Å². The molecular formula is C15H11ClFN2O2-. The minimum absolute atomic E-state index is 0.0281. The Labute approximate surface area is 125 Å². The third kappa shape index (κ3) is 3.79. The molecule has 0 aliphatic heterocycles. The second-order valence-corrected chi connectivity index (χ2v) is 4.71. The molecule has 4 nitrogen and oxygen atoms in total. The van der Waals surface area contributed by atoms with Gasteiger partial charge in [0.15, 0.2) is 0 Å². The maximum atomic E-state index is 13.1. The van der Waals surface area contributed by atoms with E-state index in [1.54, 1.807) is 25.1 Å². The van der Waals surface area contributed by atoms with Gasteiger partial charge in [-0.15, -0.1) is 0 Å². The Balaban J connectivity index is 2.12. The molecule has 0 aliphatic carbocycles. The summed E-state index contributed by atoms with van der Waals surface area (Å²) in [5, 5.41) is 14.8. The molecule has 0 aromatic heterocycles. The van der Waals surface area contributed by atoms with Crippen LogP contribution in [0.3, 0.4) is 0 Å². The number of benzene rings is 2. The molecule has 0 spiro atoms. The third-order valence-electron chi connectivity index (χ3n) is 2.81. The largest absolute Gasteiger partial charge is 0.545 e. The zero-order valence-corrected chi connectivity index (χ0v) is 11.8. The van der Waals surface area contributed by atoms with Crippen molar-refractivity contribution < 1.29 is 14.3 Å². The van der Waals surface area contributed by atoms with E-state index in [2.05, 4.69) is 10.5 Å². The summed E-state index contributed by atoms with van der Waals surface area (Å²) < 4.78 is 13.1. The van der Waals surface area contributed by atoms with Gasteiger partial charge in [-0.3, -0.25) is 5.43 Å². The number of rotatable bonds is 4. The van der Waals surface area contributed by atoms with Crippen LogP contribution in [0, 0.1) is 5.82 Å². The molecule has 0 amide bonds. The van der Waals surface area contributed by atoms with Gasteiger partial charge in [-0.1, -0.05) is 29.8 Å². The van der Waals surface area contributed by atoms with E-state index in [1.807, 2.05) is 0 Å². The minimum atomic E-state index is -1.23. The Kier molecular flexibility index (Phi) is 4.55. The fourth-order valence-corrected chi connectivity index (χ4v) is 1.80. The third-order valence-corrected chi connectivity index (χ3v) is 3.10. The van der Waals surface area contributed by atoms with E-state index >= 15 is 0 Å². The van der Waals surface area contributed by atoms with Gasteiger partial charge in [0.1, 0.15) is 5.82 Å². The van der Waals surface area contributed by atoms with Crippen LogP contribution in [0.1, 0.15) is 22.8 Å². The number of carbonyl (C=O) groups excluding carboxylic acids is 1. The van der Waals surface area contributed by atoms with Crippen molar-refractivity contribution in [1.29, 1.82) is 0 Å². The van der Waals surface area contributed by atoms with E-state index < -0.39 is 11.8 Å². The zero-order chi connectivity index (χ0) is 15.4. The van der Waals surface area contributed by atoms with Crippen LogP contribution in [-0.2, 0) is 0 Å². The molecule has 21 heavy (non-hydrogen) atoms. The molecule has 0 saturated carbocycles. The topological polar surface area (TPSA) is 64.5 Å². The molecule has 108 valence electrons. The van der Waals surface area contributed by atoms with Crippen molar-refractivity contribution in [2.45, 2.75) is 6.92 Å². The first kappa shape index (κ1) is 15.0. The molecule has 0 bridgehead atoms. The van der Waals surface area contributed by atoms with Crippen LogP contribution in [0.5, 0.6) is 0 Å². The number of aromatic carboxylic acids is 1. The highest BCUT2D eigenvalue weighted by atomic mass is 35.5. The Morgan fingerprint density at radius 1 is 1.19 bits per heavy atom. The van der Waals surface area contributed by atoms with Crippen molar-refractivity contribution in [3.63, 3.8) is 0 Å². The van der Waals surface area contributed by atoms with Crippen molar-refractivity contribution in [2.24, 2.45) is 5.10 Å². The number of hydrogen-bond donors (Lipinski definition) is 1. The maximum Gasteiger partial charge on any atom is 0.141 e. The summed E-state index contributed by atoms with van der Waals surface area (Å²) in [4.78, 5) is 10.6. The number of carbonyl (C=O) groups is 1. The number of halogens is 2. The fraction of sp³-hybridized carbons (Fsp3) is 0.0667. The molecule has 0 fully saturated rings. The number of carboxylic acids is 1. The molecule has 0 unspecified atom stereocenters. The van der Waals surface area contributed by atoms with Crippen molar-refractivity contribution in [2.75, 3.05) is 5.43 Å². The summed E-state index contributed by atoms with van der Waals surface area (Å²) in [5.41, 5.74) is 4.78. The predicted octanol–water partition coefficient (Wildman–Crippen LogP) is 2.68. The van der Waals surface area contributed by atoms with E-state index in [0.717, 1.165) is 0 Å². The average Bonchev–Trinajstić information content (AvgIpc) is 2.48. The monoisotopic (exact) mass is 305 g/mol. The van der Waals surface area contributed by atoms with Gasteiger partial charge in [-0.25, -0.2) is 4.39 Å². The standard InChI is InChI=1S/C15H12ClFN2O2/c1-9(11-4-7-14(17)13(16)8-11)18-19-12-5-2-10(3-6-12)15(20)21/h2-8,19H,1H3,(H,20,21)/p-1/b18-9+. The van der Waals surface area contributed by atoms with E-state index in [1.165, 1.54) is 24.3 Å². The molecule has 0 saturated heterocycles. The van der Waals surface area contributed by atoms with Gasteiger partial charge in [-0.2, -0.15) is 5.10 Å². The number of hydrogen-bond acceptors (Lipinski definition) is 4. The van der Waals surface area contributed by atoms with E-state index in [4.69, 9.17) is 11.6 Å². The molecule has 0 aliphatic rings. The normalized spacial score (nSPS) is 11.3. The summed E-state index contributed by atoms with van der Waals surface area (Å²) >= 11 is 5.71. The first-order valence-corrected chi connectivity index (χ1v) is 6.42. The molecule has 6 heteroatoms. The molecule has 0 radical (unpaired) electrons. The molecule has 1 N–H and O–H groups in total. The first-order chi connectivity index (χ1) is 9.97. The number of nitrogens with one attached hydrogen (secondary N) is 1. The summed E-state index contributed by atoms with van der Waals surface area (Å²) in [5.74, 6) is -1.72. The van der Waals surface area contributed by atoms with Crippen LogP contribution in [-0.4, -0.2) is 11.7 Å². The van der Waals surface area contributed by atoms with Gasteiger partial charge in [0.05, 0.1) is 22.4 Å². The zero-order valence-electron chi connectivity index (χ0n) is 11.1. The van der Waals surface area contributed by atoms with Gasteiger partial charge in [0.25, 0.3) is 0 Å². The van der Waals surface area contributed by atoms with Crippen LogP contribution in [0.2, 0.25) is 5.02 Å². The van der Waals surface area contributed by atoms with Gasteiger partial charge in [-0.05, 0) is 42.3 Å². The second-order valence-electron chi connectivity index (χ2n) is 4.30. The lowest BCUT2D eigenvalue weighted by Gasteiger charge is -2.06. The number of nitrogens with zero attached hydrogens (tertiary/aromatic N) is 1. The van der Waals surface area contributed by atoms with Crippen molar-refractivity contribution >= 4 is 29.0 Å². The Bertz CT molecular complexity index is 699. The summed E-state index contributed by atoms with van der Waals surface area (Å²) in [7, 11) is 0. The molecule has 0 atom stereocenters.